The molecule has 2 N–H and O–H groups in total. The molecule has 0 fully saturated rings. The number of carbonyl (C=O) groups excluding carboxylic acids is 3. The molecule has 0 radical (unpaired) electrons. The summed E-state index contributed by atoms with van der Waals surface area (Å²) in [5.74, 6) is -0.369. The summed E-state index contributed by atoms with van der Waals surface area (Å²) in [5, 5.41) is 6.54. The van der Waals surface area contributed by atoms with Crippen LogP contribution in [0.4, 0.5) is 0 Å². The zero-order chi connectivity index (χ0) is 26.0. The Morgan fingerprint density at radius 2 is 1.58 bits per heavy atom. The highest BCUT2D eigenvalue weighted by Crippen LogP contribution is 2.29. The molecule has 8 heteroatoms. The molecule has 2 aromatic carbocycles. The minimum Gasteiger partial charge on any atom is -0.490 e. The number of ether oxygens (including phenoxy) is 2. The second-order valence-electron chi connectivity index (χ2n) is 8.34. The van der Waals surface area contributed by atoms with Gasteiger partial charge in [0.05, 0.1) is 24.9 Å². The number of benzene rings is 2. The van der Waals surface area contributed by atoms with Crippen molar-refractivity contribution >= 4 is 24.0 Å². The molecular weight excluding hydrogens is 458 g/mol. The maximum absolute atomic E-state index is 12.4. The minimum atomic E-state index is -0.487. The fraction of sp³-hybridized carbons (Fsp3) is 0.429. The number of nitrogens with one attached hydrogen (secondary N) is 2. The Morgan fingerprint density at radius 3 is 2.31 bits per heavy atom. The third-order valence-corrected chi connectivity index (χ3v) is 5.34. The van der Waals surface area contributed by atoms with Crippen LogP contribution in [0.3, 0.4) is 0 Å². The van der Waals surface area contributed by atoms with E-state index in [1.165, 1.54) is 31.9 Å². The summed E-state index contributed by atoms with van der Waals surface area (Å²) in [6.45, 7) is 4.26. The number of hydrogen-bond acceptors (Lipinski definition) is 6. The third-order valence-electron chi connectivity index (χ3n) is 5.34. The van der Waals surface area contributed by atoms with Crippen LogP contribution in [0, 0.1) is 0 Å². The SMILES string of the molecule is CCCCCCCCCC(=O)NCC(=O)N/N=C/c1ccc(OC(=O)c2ccccc2)c(OCC)c1. The summed E-state index contributed by atoms with van der Waals surface area (Å²) in [6.07, 6.45) is 9.83. The molecule has 8 nitrogen and oxygen atoms in total. The van der Waals surface area contributed by atoms with Crippen LogP contribution in [0.15, 0.2) is 53.6 Å². The first-order valence-electron chi connectivity index (χ1n) is 12.7. The second kappa shape index (κ2) is 16.9. The lowest BCUT2D eigenvalue weighted by atomic mass is 10.1. The van der Waals surface area contributed by atoms with Gasteiger partial charge in [0, 0.05) is 6.42 Å². The summed E-state index contributed by atoms with van der Waals surface area (Å²) < 4.78 is 11.1. The van der Waals surface area contributed by atoms with E-state index in [-0.39, 0.29) is 18.2 Å². The average molecular weight is 496 g/mol. The smallest absolute Gasteiger partial charge is 0.343 e. The predicted octanol–water partition coefficient (Wildman–Crippen LogP) is 5.01. The number of hydrazone groups is 1. The summed E-state index contributed by atoms with van der Waals surface area (Å²) in [4.78, 5) is 36.2. The lowest BCUT2D eigenvalue weighted by Gasteiger charge is -2.11. The van der Waals surface area contributed by atoms with E-state index in [4.69, 9.17) is 9.47 Å². The zero-order valence-corrected chi connectivity index (χ0v) is 21.3. The fourth-order valence-corrected chi connectivity index (χ4v) is 3.42. The molecule has 0 saturated heterocycles. The van der Waals surface area contributed by atoms with E-state index in [0.717, 1.165) is 19.3 Å². The van der Waals surface area contributed by atoms with E-state index in [9.17, 15) is 14.4 Å². The van der Waals surface area contributed by atoms with Gasteiger partial charge in [0.2, 0.25) is 5.91 Å². The van der Waals surface area contributed by atoms with E-state index in [1.54, 1.807) is 42.5 Å². The van der Waals surface area contributed by atoms with Gasteiger partial charge in [-0.1, -0.05) is 63.6 Å². The predicted molar refractivity (Wildman–Crippen MR) is 140 cm³/mol. The minimum absolute atomic E-state index is 0.134. The van der Waals surface area contributed by atoms with Crippen LogP contribution >= 0.6 is 0 Å². The maximum Gasteiger partial charge on any atom is 0.343 e. The van der Waals surface area contributed by atoms with Crippen LogP contribution < -0.4 is 20.2 Å². The monoisotopic (exact) mass is 495 g/mol. The fourth-order valence-electron chi connectivity index (χ4n) is 3.42. The molecule has 0 aliphatic carbocycles. The van der Waals surface area contributed by atoms with Crippen molar-refractivity contribution in [3.8, 4) is 11.5 Å². The van der Waals surface area contributed by atoms with Crippen molar-refractivity contribution < 1.29 is 23.9 Å². The van der Waals surface area contributed by atoms with Gasteiger partial charge in [0.1, 0.15) is 0 Å². The Labute approximate surface area is 213 Å². The summed E-state index contributed by atoms with van der Waals surface area (Å²) in [6, 6.07) is 13.6. The largest absolute Gasteiger partial charge is 0.490 e. The van der Waals surface area contributed by atoms with E-state index >= 15 is 0 Å². The highest BCUT2D eigenvalue weighted by atomic mass is 16.6. The van der Waals surface area contributed by atoms with Gasteiger partial charge in [-0.05, 0) is 49.2 Å². The molecule has 194 valence electrons. The number of hydrogen-bond donors (Lipinski definition) is 2. The Kier molecular flexibility index (Phi) is 13.4. The number of amides is 2. The molecule has 0 atom stereocenters. The molecule has 36 heavy (non-hydrogen) atoms. The van der Waals surface area contributed by atoms with Gasteiger partial charge < -0.3 is 14.8 Å². The number of nitrogens with zero attached hydrogens (tertiary/aromatic N) is 1. The van der Waals surface area contributed by atoms with Crippen LogP contribution in [0.1, 0.15) is 81.1 Å². The van der Waals surface area contributed by atoms with Crippen molar-refractivity contribution in [2.75, 3.05) is 13.2 Å². The molecular formula is C28H37N3O5. The molecule has 0 aromatic heterocycles. The lowest BCUT2D eigenvalue weighted by Crippen LogP contribution is -2.34. The van der Waals surface area contributed by atoms with Crippen molar-refractivity contribution in [2.24, 2.45) is 5.10 Å². The Bertz CT molecular complexity index is 992. The van der Waals surface area contributed by atoms with Gasteiger partial charge in [-0.15, -0.1) is 0 Å². The lowest BCUT2D eigenvalue weighted by molar-refractivity contribution is -0.126. The Morgan fingerprint density at radius 1 is 0.861 bits per heavy atom. The molecule has 0 aliphatic heterocycles. The van der Waals surface area contributed by atoms with Gasteiger partial charge in [0.15, 0.2) is 11.5 Å². The standard InChI is InChI=1S/C28H37N3O5/c1-3-5-6-7-8-9-13-16-26(32)29-21-27(33)31-30-20-22-17-18-24(25(19-22)35-4-2)36-28(34)23-14-11-10-12-15-23/h10-12,14-15,17-20H,3-9,13,16,21H2,1-2H3,(H,29,32)(H,31,33)/b30-20+. The first-order valence-corrected chi connectivity index (χ1v) is 12.7. The zero-order valence-electron chi connectivity index (χ0n) is 21.3. The van der Waals surface area contributed by atoms with Gasteiger partial charge in [-0.3, -0.25) is 9.59 Å². The molecule has 0 aliphatic rings. The molecule has 0 saturated carbocycles. The average Bonchev–Trinajstić information content (AvgIpc) is 2.89. The molecule has 2 rings (SSSR count). The number of rotatable bonds is 16. The van der Waals surface area contributed by atoms with Crippen LogP contribution in [0.5, 0.6) is 11.5 Å². The van der Waals surface area contributed by atoms with Crippen molar-refractivity contribution in [1.29, 1.82) is 0 Å². The molecule has 2 aromatic rings. The molecule has 0 unspecified atom stereocenters. The number of carbonyl (C=O) groups is 3. The van der Waals surface area contributed by atoms with Crippen molar-refractivity contribution in [3.05, 3.63) is 59.7 Å². The highest BCUT2D eigenvalue weighted by molar-refractivity contribution is 5.91. The molecule has 0 bridgehead atoms. The first-order chi connectivity index (χ1) is 17.5. The van der Waals surface area contributed by atoms with Gasteiger partial charge in [0.25, 0.3) is 5.91 Å². The van der Waals surface area contributed by atoms with Crippen molar-refractivity contribution in [3.63, 3.8) is 0 Å². The number of unbranched alkanes of at least 4 members (excludes halogenated alkanes) is 6. The van der Waals surface area contributed by atoms with Crippen LogP contribution in [-0.4, -0.2) is 37.1 Å². The van der Waals surface area contributed by atoms with E-state index < -0.39 is 11.9 Å². The highest BCUT2D eigenvalue weighted by Gasteiger charge is 2.13. The van der Waals surface area contributed by atoms with Gasteiger partial charge in [-0.2, -0.15) is 5.10 Å². The summed E-state index contributed by atoms with van der Waals surface area (Å²) in [5.41, 5.74) is 3.47. The Hall–Kier alpha value is -3.68. The van der Waals surface area contributed by atoms with Crippen LogP contribution in [0.2, 0.25) is 0 Å². The molecule has 0 spiro atoms. The van der Waals surface area contributed by atoms with Crippen molar-refractivity contribution in [2.45, 2.75) is 65.2 Å². The summed E-state index contributed by atoms with van der Waals surface area (Å²) >= 11 is 0. The summed E-state index contributed by atoms with van der Waals surface area (Å²) in [7, 11) is 0. The first kappa shape index (κ1) is 28.6. The van der Waals surface area contributed by atoms with Crippen LogP contribution in [0.25, 0.3) is 0 Å². The molecule has 2 amide bonds. The quantitative estimate of drug-likeness (QED) is 0.112. The van der Waals surface area contributed by atoms with Crippen LogP contribution in [-0.2, 0) is 9.59 Å². The normalized spacial score (nSPS) is 10.7. The number of esters is 1. The van der Waals surface area contributed by atoms with E-state index in [1.807, 2.05) is 13.0 Å². The van der Waals surface area contributed by atoms with E-state index in [2.05, 4.69) is 22.8 Å². The van der Waals surface area contributed by atoms with Gasteiger partial charge in [-0.25, -0.2) is 10.2 Å². The molecule has 0 heterocycles. The second-order valence-corrected chi connectivity index (χ2v) is 8.34. The van der Waals surface area contributed by atoms with Crippen molar-refractivity contribution in [1.82, 2.24) is 10.7 Å². The topological polar surface area (TPSA) is 106 Å². The maximum atomic E-state index is 12.4. The Balaban J connectivity index is 1.76. The third kappa shape index (κ3) is 11.2. The van der Waals surface area contributed by atoms with Gasteiger partial charge >= 0.3 is 5.97 Å². The van der Waals surface area contributed by atoms with E-state index in [0.29, 0.717) is 29.9 Å².